The van der Waals surface area contributed by atoms with Crippen molar-refractivity contribution in [1.82, 2.24) is 15.1 Å². The van der Waals surface area contributed by atoms with E-state index in [9.17, 15) is 0 Å². The van der Waals surface area contributed by atoms with Crippen LogP contribution in [0, 0.1) is 0 Å². The maximum Gasteiger partial charge on any atom is 0.0628 e. The first-order valence-electron chi connectivity index (χ1n) is 4.56. The molecule has 3 nitrogen and oxygen atoms in total. The van der Waals surface area contributed by atoms with E-state index in [0.717, 1.165) is 18.7 Å². The number of hydrogen-bond acceptors (Lipinski definition) is 2. The second-order valence-corrected chi connectivity index (χ2v) is 3.49. The fourth-order valence-electron chi connectivity index (χ4n) is 1.03. The SMILES string of the molecule is C=C(CNC(C)C)Cn1cccn1. The van der Waals surface area contributed by atoms with Crippen LogP contribution < -0.4 is 5.32 Å². The topological polar surface area (TPSA) is 29.9 Å². The van der Waals surface area contributed by atoms with Crippen LogP contribution in [0.2, 0.25) is 0 Å². The zero-order chi connectivity index (χ0) is 9.68. The molecular formula is C10H17N3. The molecule has 1 aromatic heterocycles. The largest absolute Gasteiger partial charge is 0.311 e. The first kappa shape index (κ1) is 9.99. The van der Waals surface area contributed by atoms with Gasteiger partial charge in [-0.1, -0.05) is 20.4 Å². The average molecular weight is 179 g/mol. The van der Waals surface area contributed by atoms with E-state index in [0.29, 0.717) is 6.04 Å². The van der Waals surface area contributed by atoms with E-state index in [4.69, 9.17) is 0 Å². The van der Waals surface area contributed by atoms with E-state index in [2.05, 4.69) is 30.8 Å². The molecule has 0 fully saturated rings. The molecule has 0 atom stereocenters. The molecule has 1 aromatic rings. The summed E-state index contributed by atoms with van der Waals surface area (Å²) >= 11 is 0. The van der Waals surface area contributed by atoms with Crippen molar-refractivity contribution in [3.05, 3.63) is 30.6 Å². The lowest BCUT2D eigenvalue weighted by Gasteiger charge is -2.10. The molecule has 0 aliphatic carbocycles. The van der Waals surface area contributed by atoms with E-state index < -0.39 is 0 Å². The standard InChI is InChI=1S/C10H17N3/c1-9(2)11-7-10(3)8-13-6-4-5-12-13/h4-6,9,11H,3,7-8H2,1-2H3. The minimum atomic E-state index is 0.509. The van der Waals surface area contributed by atoms with Crippen LogP contribution in [0.4, 0.5) is 0 Å². The smallest absolute Gasteiger partial charge is 0.0628 e. The number of aromatic nitrogens is 2. The van der Waals surface area contributed by atoms with E-state index in [-0.39, 0.29) is 0 Å². The van der Waals surface area contributed by atoms with Crippen molar-refractivity contribution in [3.63, 3.8) is 0 Å². The molecule has 0 aliphatic heterocycles. The van der Waals surface area contributed by atoms with Gasteiger partial charge in [-0.25, -0.2) is 0 Å². The zero-order valence-corrected chi connectivity index (χ0v) is 8.33. The van der Waals surface area contributed by atoms with Crippen molar-refractivity contribution in [1.29, 1.82) is 0 Å². The van der Waals surface area contributed by atoms with Gasteiger partial charge in [0.15, 0.2) is 0 Å². The molecule has 0 saturated heterocycles. The summed E-state index contributed by atoms with van der Waals surface area (Å²) in [7, 11) is 0. The third-order valence-corrected chi connectivity index (χ3v) is 1.71. The summed E-state index contributed by atoms with van der Waals surface area (Å²) in [5.74, 6) is 0. The lowest BCUT2D eigenvalue weighted by Crippen LogP contribution is -2.25. The van der Waals surface area contributed by atoms with Crippen molar-refractivity contribution >= 4 is 0 Å². The first-order chi connectivity index (χ1) is 6.18. The third kappa shape index (κ3) is 3.90. The minimum Gasteiger partial charge on any atom is -0.311 e. The normalized spacial score (nSPS) is 10.7. The van der Waals surface area contributed by atoms with Crippen molar-refractivity contribution in [2.75, 3.05) is 6.54 Å². The summed E-state index contributed by atoms with van der Waals surface area (Å²) in [6, 6.07) is 2.43. The Labute approximate surface area is 79.5 Å². The van der Waals surface area contributed by atoms with Crippen LogP contribution in [-0.2, 0) is 6.54 Å². The van der Waals surface area contributed by atoms with Crippen molar-refractivity contribution in [3.8, 4) is 0 Å². The Morgan fingerprint density at radius 3 is 2.92 bits per heavy atom. The number of nitrogens with zero attached hydrogens (tertiary/aromatic N) is 2. The maximum atomic E-state index is 4.11. The second-order valence-electron chi connectivity index (χ2n) is 3.49. The van der Waals surface area contributed by atoms with E-state index in [1.165, 1.54) is 0 Å². The summed E-state index contributed by atoms with van der Waals surface area (Å²) in [4.78, 5) is 0. The van der Waals surface area contributed by atoms with Crippen molar-refractivity contribution < 1.29 is 0 Å². The Bertz CT molecular complexity index is 249. The molecule has 13 heavy (non-hydrogen) atoms. The molecule has 1 rings (SSSR count). The average Bonchev–Trinajstić information content (AvgIpc) is 2.53. The Hall–Kier alpha value is -1.09. The molecule has 3 heteroatoms. The van der Waals surface area contributed by atoms with Crippen molar-refractivity contribution in [2.24, 2.45) is 0 Å². The van der Waals surface area contributed by atoms with Gasteiger partial charge in [-0.05, 0) is 11.6 Å². The van der Waals surface area contributed by atoms with Gasteiger partial charge in [0.2, 0.25) is 0 Å². The predicted octanol–water partition coefficient (Wildman–Crippen LogP) is 1.44. The molecule has 0 aliphatic rings. The fourth-order valence-corrected chi connectivity index (χ4v) is 1.03. The Kier molecular flexibility index (Phi) is 3.71. The number of rotatable bonds is 5. The van der Waals surface area contributed by atoms with Gasteiger partial charge < -0.3 is 5.32 Å². The molecular weight excluding hydrogens is 162 g/mol. The molecule has 1 heterocycles. The highest BCUT2D eigenvalue weighted by atomic mass is 15.3. The van der Waals surface area contributed by atoms with Crippen LogP contribution in [0.3, 0.4) is 0 Å². The van der Waals surface area contributed by atoms with Gasteiger partial charge in [0.1, 0.15) is 0 Å². The van der Waals surface area contributed by atoms with Gasteiger partial charge >= 0.3 is 0 Å². The molecule has 0 bridgehead atoms. The first-order valence-corrected chi connectivity index (χ1v) is 4.56. The monoisotopic (exact) mass is 179 g/mol. The molecule has 0 amide bonds. The van der Waals surface area contributed by atoms with E-state index in [1.807, 2.05) is 16.9 Å². The molecule has 0 aromatic carbocycles. The van der Waals surface area contributed by atoms with Gasteiger partial charge in [0.25, 0.3) is 0 Å². The van der Waals surface area contributed by atoms with Gasteiger partial charge in [-0.15, -0.1) is 0 Å². The van der Waals surface area contributed by atoms with Gasteiger partial charge in [-0.2, -0.15) is 5.10 Å². The number of hydrogen-bond donors (Lipinski definition) is 1. The van der Waals surface area contributed by atoms with Crippen LogP contribution in [0.15, 0.2) is 30.6 Å². The second kappa shape index (κ2) is 4.82. The van der Waals surface area contributed by atoms with Gasteiger partial charge in [-0.3, -0.25) is 4.68 Å². The highest BCUT2D eigenvalue weighted by Crippen LogP contribution is 1.94. The maximum absolute atomic E-state index is 4.11. The summed E-state index contributed by atoms with van der Waals surface area (Å²) < 4.78 is 1.88. The lowest BCUT2D eigenvalue weighted by atomic mass is 10.3. The van der Waals surface area contributed by atoms with Gasteiger partial charge in [0, 0.05) is 25.0 Å². The van der Waals surface area contributed by atoms with Crippen LogP contribution in [0.25, 0.3) is 0 Å². The number of nitrogens with one attached hydrogen (secondary N) is 1. The minimum absolute atomic E-state index is 0.509. The predicted molar refractivity (Wildman–Crippen MR) is 54.5 cm³/mol. The summed E-state index contributed by atoms with van der Waals surface area (Å²) in [5.41, 5.74) is 1.15. The summed E-state index contributed by atoms with van der Waals surface area (Å²) in [5, 5.41) is 7.43. The molecule has 72 valence electrons. The molecule has 0 unspecified atom stereocenters. The highest BCUT2D eigenvalue weighted by Gasteiger charge is 1.97. The van der Waals surface area contributed by atoms with Crippen LogP contribution in [-0.4, -0.2) is 22.4 Å². The molecule has 0 saturated carbocycles. The Balaban J connectivity index is 2.26. The van der Waals surface area contributed by atoms with E-state index in [1.54, 1.807) is 6.20 Å². The fraction of sp³-hybridized carbons (Fsp3) is 0.500. The van der Waals surface area contributed by atoms with Crippen LogP contribution >= 0.6 is 0 Å². The summed E-state index contributed by atoms with van der Waals surface area (Å²) in [6.45, 7) is 9.89. The summed E-state index contributed by atoms with van der Waals surface area (Å²) in [6.07, 6.45) is 3.73. The van der Waals surface area contributed by atoms with Crippen LogP contribution in [0.5, 0.6) is 0 Å². The quantitative estimate of drug-likeness (QED) is 0.693. The Morgan fingerprint density at radius 2 is 2.38 bits per heavy atom. The highest BCUT2D eigenvalue weighted by molar-refractivity contribution is 4.97. The molecule has 0 spiro atoms. The van der Waals surface area contributed by atoms with Crippen LogP contribution in [0.1, 0.15) is 13.8 Å². The molecule has 1 N–H and O–H groups in total. The zero-order valence-electron chi connectivity index (χ0n) is 8.33. The third-order valence-electron chi connectivity index (χ3n) is 1.71. The van der Waals surface area contributed by atoms with E-state index >= 15 is 0 Å². The lowest BCUT2D eigenvalue weighted by molar-refractivity contribution is 0.588. The Morgan fingerprint density at radius 1 is 1.62 bits per heavy atom. The van der Waals surface area contributed by atoms with Gasteiger partial charge in [0.05, 0.1) is 6.54 Å². The van der Waals surface area contributed by atoms with Crippen molar-refractivity contribution in [2.45, 2.75) is 26.4 Å². The molecule has 0 radical (unpaired) electrons.